The first-order chi connectivity index (χ1) is 15.5. The van der Waals surface area contributed by atoms with Gasteiger partial charge in [0.05, 0.1) is 17.8 Å². The molecule has 0 spiro atoms. The molecular weight excluding hydrogens is 425 g/mol. The van der Waals surface area contributed by atoms with E-state index in [4.69, 9.17) is 0 Å². The lowest BCUT2D eigenvalue weighted by Crippen LogP contribution is -2.33. The van der Waals surface area contributed by atoms with Gasteiger partial charge in [0.25, 0.3) is 0 Å². The minimum absolute atomic E-state index is 0.101. The summed E-state index contributed by atoms with van der Waals surface area (Å²) in [7, 11) is 0. The first-order valence-corrected chi connectivity index (χ1v) is 11.8. The van der Waals surface area contributed by atoms with E-state index in [1.54, 1.807) is 12.1 Å². The van der Waals surface area contributed by atoms with E-state index >= 15 is 0 Å². The molecule has 1 fully saturated rings. The summed E-state index contributed by atoms with van der Waals surface area (Å²) in [5.74, 6) is 0.490. The lowest BCUT2D eigenvalue weighted by molar-refractivity contribution is -0.120. The fourth-order valence-electron chi connectivity index (χ4n) is 3.83. The number of likely N-dealkylation sites (tertiary alicyclic amines) is 1. The molecule has 0 radical (unpaired) electrons. The quantitative estimate of drug-likeness (QED) is 0.514. The van der Waals surface area contributed by atoms with Crippen molar-refractivity contribution in [2.45, 2.75) is 49.7 Å². The van der Waals surface area contributed by atoms with Crippen LogP contribution in [0.4, 0.5) is 4.39 Å². The Bertz CT molecular complexity index is 1030. The molecule has 168 valence electrons. The SMILES string of the molecule is CC(Sc1nnc(CN2CCCC2)n1-c1ccccc1)C(=O)NC(C)c1ccc(F)cc1. The van der Waals surface area contributed by atoms with Gasteiger partial charge < -0.3 is 5.32 Å². The number of benzene rings is 2. The summed E-state index contributed by atoms with van der Waals surface area (Å²) in [5, 5.41) is 12.2. The second-order valence-corrected chi connectivity index (χ2v) is 9.40. The molecule has 0 saturated carbocycles. The highest BCUT2D eigenvalue weighted by Crippen LogP contribution is 2.27. The number of hydrogen-bond acceptors (Lipinski definition) is 5. The van der Waals surface area contributed by atoms with Crippen molar-refractivity contribution in [2.24, 2.45) is 0 Å². The van der Waals surface area contributed by atoms with Crippen LogP contribution in [-0.4, -0.2) is 43.9 Å². The van der Waals surface area contributed by atoms with Crippen molar-refractivity contribution in [3.05, 3.63) is 71.8 Å². The average Bonchev–Trinajstić information content (AvgIpc) is 3.45. The third kappa shape index (κ3) is 5.37. The summed E-state index contributed by atoms with van der Waals surface area (Å²) >= 11 is 1.39. The van der Waals surface area contributed by atoms with Crippen LogP contribution in [0.25, 0.3) is 5.69 Å². The number of para-hydroxylation sites is 1. The maximum Gasteiger partial charge on any atom is 0.233 e. The second-order valence-electron chi connectivity index (χ2n) is 8.09. The van der Waals surface area contributed by atoms with E-state index in [1.165, 1.54) is 36.7 Å². The molecule has 1 amide bonds. The molecule has 1 N–H and O–H groups in total. The predicted octanol–water partition coefficient (Wildman–Crippen LogP) is 4.36. The first kappa shape index (κ1) is 22.5. The smallest absolute Gasteiger partial charge is 0.233 e. The van der Waals surface area contributed by atoms with Gasteiger partial charge in [-0.25, -0.2) is 4.39 Å². The molecule has 0 aliphatic carbocycles. The Morgan fingerprint density at radius 2 is 1.75 bits per heavy atom. The normalized spacial score (nSPS) is 16.1. The summed E-state index contributed by atoms with van der Waals surface area (Å²) in [6.45, 7) is 6.64. The number of aromatic nitrogens is 3. The van der Waals surface area contributed by atoms with E-state index in [0.717, 1.165) is 36.7 Å². The number of nitrogens with one attached hydrogen (secondary N) is 1. The summed E-state index contributed by atoms with van der Waals surface area (Å²) < 4.78 is 15.2. The number of hydrogen-bond donors (Lipinski definition) is 1. The largest absolute Gasteiger partial charge is 0.349 e. The number of nitrogens with zero attached hydrogens (tertiary/aromatic N) is 4. The van der Waals surface area contributed by atoms with Crippen LogP contribution in [0.2, 0.25) is 0 Å². The summed E-state index contributed by atoms with van der Waals surface area (Å²) in [5.41, 5.74) is 1.85. The highest BCUT2D eigenvalue weighted by Gasteiger charge is 2.24. The van der Waals surface area contributed by atoms with E-state index in [0.29, 0.717) is 5.16 Å². The number of amides is 1. The van der Waals surface area contributed by atoms with E-state index in [1.807, 2.05) is 44.2 Å². The topological polar surface area (TPSA) is 63.1 Å². The molecule has 2 atom stereocenters. The Hall–Kier alpha value is -2.71. The van der Waals surface area contributed by atoms with Crippen molar-refractivity contribution in [2.75, 3.05) is 13.1 Å². The van der Waals surface area contributed by atoms with Crippen molar-refractivity contribution < 1.29 is 9.18 Å². The van der Waals surface area contributed by atoms with Crippen LogP contribution in [-0.2, 0) is 11.3 Å². The Kier molecular flexibility index (Phi) is 7.22. The average molecular weight is 454 g/mol. The second kappa shape index (κ2) is 10.3. The van der Waals surface area contributed by atoms with Crippen LogP contribution in [0.1, 0.15) is 44.1 Å². The molecule has 32 heavy (non-hydrogen) atoms. The Labute approximate surface area is 192 Å². The molecule has 2 heterocycles. The monoisotopic (exact) mass is 453 g/mol. The van der Waals surface area contributed by atoms with Crippen LogP contribution in [0.5, 0.6) is 0 Å². The van der Waals surface area contributed by atoms with Crippen LogP contribution in [0.15, 0.2) is 59.8 Å². The highest BCUT2D eigenvalue weighted by atomic mass is 32.2. The molecule has 4 rings (SSSR count). The number of halogens is 1. The molecule has 2 unspecified atom stereocenters. The van der Waals surface area contributed by atoms with Gasteiger partial charge in [0, 0.05) is 5.69 Å². The number of carbonyl (C=O) groups is 1. The first-order valence-electron chi connectivity index (χ1n) is 11.0. The molecule has 1 aromatic heterocycles. The van der Waals surface area contributed by atoms with Gasteiger partial charge in [0.15, 0.2) is 11.0 Å². The zero-order valence-electron chi connectivity index (χ0n) is 18.4. The van der Waals surface area contributed by atoms with Crippen molar-refractivity contribution in [1.82, 2.24) is 25.0 Å². The number of carbonyl (C=O) groups excluding carboxylic acids is 1. The van der Waals surface area contributed by atoms with Gasteiger partial charge >= 0.3 is 0 Å². The lowest BCUT2D eigenvalue weighted by Gasteiger charge is -2.19. The highest BCUT2D eigenvalue weighted by molar-refractivity contribution is 8.00. The van der Waals surface area contributed by atoms with Gasteiger partial charge in [-0.2, -0.15) is 0 Å². The van der Waals surface area contributed by atoms with Gasteiger partial charge in [0.2, 0.25) is 5.91 Å². The Morgan fingerprint density at radius 3 is 2.44 bits per heavy atom. The van der Waals surface area contributed by atoms with Gasteiger partial charge in [-0.05, 0) is 69.6 Å². The van der Waals surface area contributed by atoms with E-state index in [2.05, 4.69) is 25.0 Å². The predicted molar refractivity (Wildman–Crippen MR) is 124 cm³/mol. The van der Waals surface area contributed by atoms with Crippen molar-refractivity contribution in [3.8, 4) is 5.69 Å². The maximum atomic E-state index is 13.2. The number of thioether (sulfide) groups is 1. The van der Waals surface area contributed by atoms with E-state index < -0.39 is 0 Å². The van der Waals surface area contributed by atoms with Crippen molar-refractivity contribution in [1.29, 1.82) is 0 Å². The molecule has 3 aromatic rings. The van der Waals surface area contributed by atoms with E-state index in [-0.39, 0.29) is 23.0 Å². The molecule has 1 saturated heterocycles. The minimum atomic E-state index is -0.371. The Morgan fingerprint density at radius 1 is 1.06 bits per heavy atom. The summed E-state index contributed by atoms with van der Waals surface area (Å²) in [6.07, 6.45) is 2.43. The van der Waals surface area contributed by atoms with Crippen LogP contribution in [0.3, 0.4) is 0 Å². The third-order valence-corrected chi connectivity index (χ3v) is 6.70. The minimum Gasteiger partial charge on any atom is -0.349 e. The summed E-state index contributed by atoms with van der Waals surface area (Å²) in [6, 6.07) is 16.0. The molecule has 6 nitrogen and oxygen atoms in total. The van der Waals surface area contributed by atoms with Gasteiger partial charge in [-0.3, -0.25) is 14.3 Å². The molecule has 8 heteroatoms. The van der Waals surface area contributed by atoms with Gasteiger partial charge in [0.1, 0.15) is 5.82 Å². The fourth-order valence-corrected chi connectivity index (χ4v) is 4.73. The van der Waals surface area contributed by atoms with E-state index in [9.17, 15) is 9.18 Å². The summed E-state index contributed by atoms with van der Waals surface area (Å²) in [4.78, 5) is 15.2. The molecular formula is C24H28FN5OS. The third-order valence-electron chi connectivity index (χ3n) is 5.66. The standard InChI is InChI=1S/C24H28FN5OS/c1-17(19-10-12-20(25)13-11-19)26-23(31)18(2)32-24-28-27-22(16-29-14-6-7-15-29)30(24)21-8-4-3-5-9-21/h3-5,8-13,17-18H,6-7,14-16H2,1-2H3,(H,26,31). The lowest BCUT2D eigenvalue weighted by atomic mass is 10.1. The zero-order chi connectivity index (χ0) is 22.5. The van der Waals surface area contributed by atoms with Crippen molar-refractivity contribution >= 4 is 17.7 Å². The van der Waals surface area contributed by atoms with Gasteiger partial charge in [-0.1, -0.05) is 42.1 Å². The van der Waals surface area contributed by atoms with Crippen LogP contribution < -0.4 is 5.32 Å². The molecule has 1 aliphatic rings. The Balaban J connectivity index is 1.49. The molecule has 2 aromatic carbocycles. The zero-order valence-corrected chi connectivity index (χ0v) is 19.2. The fraction of sp³-hybridized carbons (Fsp3) is 0.375. The van der Waals surface area contributed by atoms with Crippen LogP contribution >= 0.6 is 11.8 Å². The van der Waals surface area contributed by atoms with Crippen LogP contribution in [0, 0.1) is 5.82 Å². The molecule has 0 bridgehead atoms. The van der Waals surface area contributed by atoms with Crippen molar-refractivity contribution in [3.63, 3.8) is 0 Å². The number of rotatable bonds is 8. The maximum absolute atomic E-state index is 13.2. The molecule has 1 aliphatic heterocycles. The van der Waals surface area contributed by atoms with Gasteiger partial charge in [-0.15, -0.1) is 10.2 Å².